The third kappa shape index (κ3) is 4.12. The number of amides is 1. The molecule has 0 saturated carbocycles. The van der Waals surface area contributed by atoms with Crippen molar-refractivity contribution in [3.8, 4) is 0 Å². The lowest BCUT2D eigenvalue weighted by Gasteiger charge is -2.27. The highest BCUT2D eigenvalue weighted by atomic mass is 35.5. The van der Waals surface area contributed by atoms with E-state index in [1.807, 2.05) is 0 Å². The van der Waals surface area contributed by atoms with E-state index in [1.54, 1.807) is 31.5 Å². The summed E-state index contributed by atoms with van der Waals surface area (Å²) in [5.41, 5.74) is 5.47. The molecule has 0 aromatic carbocycles. The standard InChI is InChI=1S/C10H15N3O2.2ClH/c1-10(11,9(14)13(2)15-3)8-5-4-6-12-7-8;;/h4-7H,11H2,1-3H3;2*1H/t10-;;/m0../s1. The number of aromatic nitrogens is 1. The summed E-state index contributed by atoms with van der Waals surface area (Å²) in [6.07, 6.45) is 3.20. The molecule has 0 bridgehead atoms. The van der Waals surface area contributed by atoms with Gasteiger partial charge in [-0.15, -0.1) is 24.8 Å². The molecule has 98 valence electrons. The Morgan fingerprint density at radius 1 is 1.53 bits per heavy atom. The number of carbonyl (C=O) groups excluding carboxylic acids is 1. The van der Waals surface area contributed by atoms with Gasteiger partial charge in [-0.1, -0.05) is 6.07 Å². The lowest BCUT2D eigenvalue weighted by molar-refractivity contribution is -0.174. The van der Waals surface area contributed by atoms with Gasteiger partial charge in [0.15, 0.2) is 0 Å². The van der Waals surface area contributed by atoms with Gasteiger partial charge in [0.2, 0.25) is 0 Å². The summed E-state index contributed by atoms with van der Waals surface area (Å²) in [4.78, 5) is 20.6. The van der Waals surface area contributed by atoms with Crippen molar-refractivity contribution in [2.24, 2.45) is 5.73 Å². The van der Waals surface area contributed by atoms with Crippen LogP contribution in [0.3, 0.4) is 0 Å². The monoisotopic (exact) mass is 281 g/mol. The van der Waals surface area contributed by atoms with Crippen LogP contribution in [-0.2, 0) is 15.2 Å². The fourth-order valence-electron chi connectivity index (χ4n) is 1.20. The van der Waals surface area contributed by atoms with Gasteiger partial charge in [0, 0.05) is 19.4 Å². The summed E-state index contributed by atoms with van der Waals surface area (Å²) in [5, 5.41) is 1.10. The summed E-state index contributed by atoms with van der Waals surface area (Å²) in [6, 6.07) is 3.49. The van der Waals surface area contributed by atoms with Crippen LogP contribution in [0.25, 0.3) is 0 Å². The molecule has 0 fully saturated rings. The summed E-state index contributed by atoms with van der Waals surface area (Å²) < 4.78 is 0. The quantitative estimate of drug-likeness (QED) is 0.843. The van der Waals surface area contributed by atoms with Crippen LogP contribution in [0.2, 0.25) is 0 Å². The molecule has 0 radical (unpaired) electrons. The van der Waals surface area contributed by atoms with Gasteiger partial charge in [0.25, 0.3) is 5.91 Å². The zero-order valence-electron chi connectivity index (χ0n) is 9.91. The Kier molecular flexibility index (Phi) is 8.10. The van der Waals surface area contributed by atoms with Crippen LogP contribution in [0.1, 0.15) is 12.5 Å². The van der Waals surface area contributed by atoms with Gasteiger partial charge in [-0.05, 0) is 18.6 Å². The topological polar surface area (TPSA) is 68.5 Å². The summed E-state index contributed by atoms with van der Waals surface area (Å²) >= 11 is 0. The van der Waals surface area contributed by atoms with Gasteiger partial charge in [0.05, 0.1) is 7.11 Å². The van der Waals surface area contributed by atoms with E-state index < -0.39 is 5.54 Å². The molecule has 0 saturated heterocycles. The second-order valence-electron chi connectivity index (χ2n) is 3.43. The minimum Gasteiger partial charge on any atom is -0.314 e. The maximum absolute atomic E-state index is 11.8. The molecule has 1 heterocycles. The Balaban J connectivity index is 0. The molecule has 1 aromatic rings. The largest absolute Gasteiger partial charge is 0.314 e. The summed E-state index contributed by atoms with van der Waals surface area (Å²) in [6.45, 7) is 1.63. The highest BCUT2D eigenvalue weighted by Crippen LogP contribution is 2.18. The molecule has 7 heteroatoms. The second-order valence-corrected chi connectivity index (χ2v) is 3.43. The van der Waals surface area contributed by atoms with Gasteiger partial charge in [0.1, 0.15) is 5.54 Å². The predicted molar refractivity (Wildman–Crippen MR) is 70.1 cm³/mol. The molecule has 17 heavy (non-hydrogen) atoms. The molecule has 1 rings (SSSR count). The minimum atomic E-state index is -1.13. The van der Waals surface area contributed by atoms with E-state index in [-0.39, 0.29) is 30.7 Å². The van der Waals surface area contributed by atoms with Gasteiger partial charge < -0.3 is 5.73 Å². The van der Waals surface area contributed by atoms with E-state index in [0.717, 1.165) is 5.06 Å². The SMILES string of the molecule is CON(C)C(=O)[C@@](C)(N)c1cccnc1.Cl.Cl. The fourth-order valence-corrected chi connectivity index (χ4v) is 1.20. The smallest absolute Gasteiger partial charge is 0.270 e. The maximum Gasteiger partial charge on any atom is 0.270 e. The van der Waals surface area contributed by atoms with Crippen LogP contribution in [0, 0.1) is 0 Å². The van der Waals surface area contributed by atoms with E-state index in [9.17, 15) is 4.79 Å². The van der Waals surface area contributed by atoms with Crippen LogP contribution in [-0.4, -0.2) is 30.1 Å². The number of rotatable bonds is 3. The van der Waals surface area contributed by atoms with E-state index >= 15 is 0 Å². The fraction of sp³-hybridized carbons (Fsp3) is 0.400. The van der Waals surface area contributed by atoms with E-state index in [0.29, 0.717) is 5.56 Å². The molecule has 0 aliphatic heterocycles. The predicted octanol–water partition coefficient (Wildman–Crippen LogP) is 1.12. The van der Waals surface area contributed by atoms with Crippen LogP contribution in [0.4, 0.5) is 0 Å². The lowest BCUT2D eigenvalue weighted by Crippen LogP contribution is -2.49. The maximum atomic E-state index is 11.8. The number of halogens is 2. The summed E-state index contributed by atoms with van der Waals surface area (Å²) in [5.74, 6) is -0.321. The first-order chi connectivity index (χ1) is 7.00. The van der Waals surface area contributed by atoms with Crippen molar-refractivity contribution < 1.29 is 9.63 Å². The van der Waals surface area contributed by atoms with Crippen molar-refractivity contribution in [2.75, 3.05) is 14.2 Å². The second kappa shape index (κ2) is 7.45. The van der Waals surface area contributed by atoms with E-state index in [1.165, 1.54) is 14.2 Å². The number of hydroxylamine groups is 2. The van der Waals surface area contributed by atoms with Crippen LogP contribution in [0.5, 0.6) is 0 Å². The van der Waals surface area contributed by atoms with Gasteiger partial charge >= 0.3 is 0 Å². The number of hydrogen-bond donors (Lipinski definition) is 1. The van der Waals surface area contributed by atoms with Gasteiger partial charge in [-0.2, -0.15) is 0 Å². The number of nitrogens with two attached hydrogens (primary N) is 1. The molecule has 0 aliphatic carbocycles. The van der Waals surface area contributed by atoms with Crippen LogP contribution in [0.15, 0.2) is 24.5 Å². The van der Waals surface area contributed by atoms with Crippen LogP contribution >= 0.6 is 24.8 Å². The van der Waals surface area contributed by atoms with Crippen molar-refractivity contribution in [3.05, 3.63) is 30.1 Å². The van der Waals surface area contributed by atoms with Crippen molar-refractivity contribution >= 4 is 30.7 Å². The molecular weight excluding hydrogens is 265 g/mol. The van der Waals surface area contributed by atoms with Crippen molar-refractivity contribution in [2.45, 2.75) is 12.5 Å². The average molecular weight is 282 g/mol. The van der Waals surface area contributed by atoms with E-state index in [4.69, 9.17) is 10.6 Å². The Morgan fingerprint density at radius 2 is 2.12 bits per heavy atom. The highest BCUT2D eigenvalue weighted by molar-refractivity contribution is 5.86. The third-order valence-electron chi connectivity index (χ3n) is 2.27. The van der Waals surface area contributed by atoms with Crippen molar-refractivity contribution in [3.63, 3.8) is 0 Å². The van der Waals surface area contributed by atoms with Crippen molar-refractivity contribution in [1.82, 2.24) is 10.0 Å². The molecule has 1 atom stereocenters. The van der Waals surface area contributed by atoms with Crippen LogP contribution < -0.4 is 5.73 Å². The summed E-state index contributed by atoms with van der Waals surface area (Å²) in [7, 11) is 2.93. The van der Waals surface area contributed by atoms with Crippen molar-refractivity contribution in [1.29, 1.82) is 0 Å². The first-order valence-corrected chi connectivity index (χ1v) is 4.51. The average Bonchev–Trinajstić information content (AvgIpc) is 2.28. The highest BCUT2D eigenvalue weighted by Gasteiger charge is 2.33. The normalized spacial score (nSPS) is 12.7. The molecule has 1 aromatic heterocycles. The van der Waals surface area contributed by atoms with Gasteiger partial charge in [-0.3, -0.25) is 14.6 Å². The molecule has 0 aliphatic rings. The zero-order chi connectivity index (χ0) is 11.5. The van der Waals surface area contributed by atoms with Gasteiger partial charge in [-0.25, -0.2) is 5.06 Å². The number of likely N-dealkylation sites (N-methyl/N-ethyl adjacent to an activating group) is 1. The minimum absolute atomic E-state index is 0. The number of hydrogen-bond acceptors (Lipinski definition) is 4. The zero-order valence-corrected chi connectivity index (χ0v) is 11.5. The molecule has 0 spiro atoms. The molecule has 0 unspecified atom stereocenters. The molecule has 2 N–H and O–H groups in total. The molecule has 5 nitrogen and oxygen atoms in total. The Labute approximate surface area is 113 Å². The molecule has 1 amide bonds. The first kappa shape index (κ1) is 18.5. The Morgan fingerprint density at radius 3 is 2.53 bits per heavy atom. The number of carbonyl (C=O) groups is 1. The Hall–Kier alpha value is -0.880. The van der Waals surface area contributed by atoms with E-state index in [2.05, 4.69) is 4.98 Å². The first-order valence-electron chi connectivity index (χ1n) is 4.51. The molecular formula is C10H17Cl2N3O2. The number of nitrogens with zero attached hydrogens (tertiary/aromatic N) is 2. The number of pyridine rings is 1. The lowest BCUT2D eigenvalue weighted by atomic mass is 9.94. The third-order valence-corrected chi connectivity index (χ3v) is 2.27. The Bertz CT molecular complexity index is 347.